The molecule has 0 aliphatic heterocycles. The van der Waals surface area contributed by atoms with E-state index in [2.05, 4.69) is 26.2 Å². The van der Waals surface area contributed by atoms with E-state index < -0.39 is 10.0 Å². The van der Waals surface area contributed by atoms with Gasteiger partial charge >= 0.3 is 0 Å². The Morgan fingerprint density at radius 1 is 0.931 bits per heavy atom. The van der Waals surface area contributed by atoms with Crippen molar-refractivity contribution < 1.29 is 13.2 Å². The number of pyridine rings is 1. The molecule has 3 aromatic rings. The number of sulfonamides is 1. The van der Waals surface area contributed by atoms with E-state index in [1.807, 2.05) is 30.3 Å². The summed E-state index contributed by atoms with van der Waals surface area (Å²) >= 11 is 3.31. The average molecular weight is 474 g/mol. The van der Waals surface area contributed by atoms with Crippen LogP contribution in [0.3, 0.4) is 0 Å². The van der Waals surface area contributed by atoms with E-state index >= 15 is 0 Å². The Morgan fingerprint density at radius 3 is 2.24 bits per heavy atom. The molecule has 0 atom stereocenters. The van der Waals surface area contributed by atoms with Gasteiger partial charge in [-0.1, -0.05) is 46.3 Å². The Labute approximate surface area is 178 Å². The van der Waals surface area contributed by atoms with Crippen LogP contribution in [0.5, 0.6) is 0 Å². The summed E-state index contributed by atoms with van der Waals surface area (Å²) in [6, 6.07) is 19.1. The predicted molar refractivity (Wildman–Crippen MR) is 114 cm³/mol. The molecule has 0 aliphatic rings. The van der Waals surface area contributed by atoms with Gasteiger partial charge in [0.05, 0.1) is 11.4 Å². The van der Waals surface area contributed by atoms with Gasteiger partial charge in [0.2, 0.25) is 15.9 Å². The van der Waals surface area contributed by atoms with Crippen LogP contribution in [0.1, 0.15) is 11.1 Å². The second-order valence-corrected chi connectivity index (χ2v) is 9.20. The molecule has 1 aromatic heterocycles. The molecule has 150 valence electrons. The van der Waals surface area contributed by atoms with E-state index in [-0.39, 0.29) is 23.9 Å². The van der Waals surface area contributed by atoms with E-state index in [0.29, 0.717) is 6.54 Å². The van der Waals surface area contributed by atoms with Crippen LogP contribution < -0.4 is 5.32 Å². The van der Waals surface area contributed by atoms with E-state index in [0.717, 1.165) is 15.6 Å². The number of rotatable bonds is 8. The number of amides is 1. The van der Waals surface area contributed by atoms with Gasteiger partial charge in [-0.05, 0) is 47.5 Å². The van der Waals surface area contributed by atoms with Crippen molar-refractivity contribution in [3.05, 3.63) is 94.7 Å². The van der Waals surface area contributed by atoms with Crippen molar-refractivity contribution in [2.75, 3.05) is 6.54 Å². The van der Waals surface area contributed by atoms with Gasteiger partial charge in [0.15, 0.2) is 0 Å². The summed E-state index contributed by atoms with van der Waals surface area (Å²) in [5, 5.41) is 2.77. The van der Waals surface area contributed by atoms with Gasteiger partial charge in [-0.2, -0.15) is 4.31 Å². The molecule has 0 aliphatic carbocycles. The van der Waals surface area contributed by atoms with Crippen LogP contribution in [0.15, 0.2) is 88.5 Å². The minimum absolute atomic E-state index is 0.0991. The van der Waals surface area contributed by atoms with Crippen molar-refractivity contribution in [1.29, 1.82) is 0 Å². The molecule has 0 bridgehead atoms. The van der Waals surface area contributed by atoms with Crippen molar-refractivity contribution >= 4 is 31.9 Å². The molecule has 0 radical (unpaired) electrons. The number of nitrogens with zero attached hydrogens (tertiary/aromatic N) is 2. The zero-order chi connectivity index (χ0) is 20.7. The standard InChI is InChI=1S/C21H20BrN3O3S/c22-19-6-8-20(9-7-19)29(27,28)25(15-18-4-2-1-3-5-18)16-21(26)24-14-17-10-12-23-13-11-17/h1-13H,14-16H2,(H,24,26). The largest absolute Gasteiger partial charge is 0.351 e. The Balaban J connectivity index is 1.78. The second-order valence-electron chi connectivity index (χ2n) is 6.34. The maximum atomic E-state index is 13.2. The van der Waals surface area contributed by atoms with Crippen LogP contribution in [-0.2, 0) is 27.9 Å². The maximum absolute atomic E-state index is 13.2. The second kappa shape index (κ2) is 9.78. The molecular weight excluding hydrogens is 454 g/mol. The predicted octanol–water partition coefficient (Wildman–Crippen LogP) is 3.35. The number of halogens is 1. The van der Waals surface area contributed by atoms with Gasteiger partial charge in [0, 0.05) is 30.0 Å². The fourth-order valence-corrected chi connectivity index (χ4v) is 4.33. The third kappa shape index (κ3) is 5.96. The first-order valence-corrected chi connectivity index (χ1v) is 11.1. The topological polar surface area (TPSA) is 79.4 Å². The first kappa shape index (κ1) is 21.2. The van der Waals surface area contributed by atoms with Crippen molar-refractivity contribution in [2.24, 2.45) is 0 Å². The minimum Gasteiger partial charge on any atom is -0.351 e. The number of aromatic nitrogens is 1. The summed E-state index contributed by atoms with van der Waals surface area (Å²) in [6.07, 6.45) is 3.28. The van der Waals surface area contributed by atoms with E-state index in [4.69, 9.17) is 0 Å². The summed E-state index contributed by atoms with van der Waals surface area (Å²) in [5.74, 6) is -0.376. The smallest absolute Gasteiger partial charge is 0.243 e. The minimum atomic E-state index is -3.85. The van der Waals surface area contributed by atoms with Crippen LogP contribution in [0.4, 0.5) is 0 Å². The number of nitrogens with one attached hydrogen (secondary N) is 1. The van der Waals surface area contributed by atoms with E-state index in [1.165, 1.54) is 16.4 Å². The fourth-order valence-electron chi connectivity index (χ4n) is 2.69. The van der Waals surface area contributed by atoms with E-state index in [9.17, 15) is 13.2 Å². The molecule has 0 saturated carbocycles. The Kier molecular flexibility index (Phi) is 7.13. The maximum Gasteiger partial charge on any atom is 0.243 e. The first-order chi connectivity index (χ1) is 13.9. The molecule has 1 N–H and O–H groups in total. The zero-order valence-corrected chi connectivity index (χ0v) is 17.9. The van der Waals surface area contributed by atoms with Gasteiger partial charge in [-0.25, -0.2) is 8.42 Å². The first-order valence-electron chi connectivity index (χ1n) is 8.90. The molecule has 8 heteroatoms. The van der Waals surface area contributed by atoms with E-state index in [1.54, 1.807) is 36.7 Å². The average Bonchev–Trinajstić information content (AvgIpc) is 2.73. The molecule has 3 rings (SSSR count). The monoisotopic (exact) mass is 473 g/mol. The normalized spacial score (nSPS) is 11.4. The number of carbonyl (C=O) groups excluding carboxylic acids is 1. The Hall–Kier alpha value is -2.55. The van der Waals surface area contributed by atoms with Crippen LogP contribution in [-0.4, -0.2) is 30.2 Å². The van der Waals surface area contributed by atoms with Gasteiger partial charge < -0.3 is 5.32 Å². The van der Waals surface area contributed by atoms with Gasteiger partial charge in [0.25, 0.3) is 0 Å². The highest BCUT2D eigenvalue weighted by Gasteiger charge is 2.26. The fraction of sp³-hybridized carbons (Fsp3) is 0.143. The number of hydrogen-bond acceptors (Lipinski definition) is 4. The van der Waals surface area contributed by atoms with Gasteiger partial charge in [-0.15, -0.1) is 0 Å². The van der Waals surface area contributed by atoms with Crippen LogP contribution in [0, 0.1) is 0 Å². The van der Waals surface area contributed by atoms with Crippen LogP contribution in [0.25, 0.3) is 0 Å². The number of carbonyl (C=O) groups is 1. The molecule has 2 aromatic carbocycles. The number of benzene rings is 2. The Bertz CT molecular complexity index is 1040. The van der Waals surface area contributed by atoms with Crippen LogP contribution >= 0.6 is 15.9 Å². The van der Waals surface area contributed by atoms with Crippen LogP contribution in [0.2, 0.25) is 0 Å². The zero-order valence-electron chi connectivity index (χ0n) is 15.5. The molecule has 0 fully saturated rings. The van der Waals surface area contributed by atoms with Crippen molar-refractivity contribution in [1.82, 2.24) is 14.6 Å². The molecule has 0 unspecified atom stereocenters. The van der Waals surface area contributed by atoms with Gasteiger partial charge in [-0.3, -0.25) is 9.78 Å². The molecule has 6 nitrogen and oxygen atoms in total. The molecule has 0 saturated heterocycles. The lowest BCUT2D eigenvalue weighted by atomic mass is 10.2. The molecule has 1 amide bonds. The lowest BCUT2D eigenvalue weighted by Crippen LogP contribution is -2.40. The van der Waals surface area contributed by atoms with Crippen molar-refractivity contribution in [2.45, 2.75) is 18.0 Å². The van der Waals surface area contributed by atoms with Gasteiger partial charge in [0.1, 0.15) is 0 Å². The summed E-state index contributed by atoms with van der Waals surface area (Å²) < 4.78 is 28.3. The quantitative estimate of drug-likeness (QED) is 0.543. The lowest BCUT2D eigenvalue weighted by molar-refractivity contribution is -0.121. The molecule has 29 heavy (non-hydrogen) atoms. The summed E-state index contributed by atoms with van der Waals surface area (Å²) in [5.41, 5.74) is 1.69. The SMILES string of the molecule is O=C(CN(Cc1ccccc1)S(=O)(=O)c1ccc(Br)cc1)NCc1ccncc1. The van der Waals surface area contributed by atoms with Crippen molar-refractivity contribution in [3.63, 3.8) is 0 Å². The summed E-state index contributed by atoms with van der Waals surface area (Å²) in [4.78, 5) is 16.6. The molecule has 0 spiro atoms. The third-order valence-corrected chi connectivity index (χ3v) is 6.55. The third-order valence-electron chi connectivity index (χ3n) is 4.21. The number of hydrogen-bond donors (Lipinski definition) is 1. The Morgan fingerprint density at radius 2 is 1.59 bits per heavy atom. The van der Waals surface area contributed by atoms with Crippen molar-refractivity contribution in [3.8, 4) is 0 Å². The molecular formula is C21H20BrN3O3S. The lowest BCUT2D eigenvalue weighted by Gasteiger charge is -2.22. The summed E-state index contributed by atoms with van der Waals surface area (Å²) in [6.45, 7) is 0.124. The molecule has 1 heterocycles. The highest BCUT2D eigenvalue weighted by atomic mass is 79.9. The summed E-state index contributed by atoms with van der Waals surface area (Å²) in [7, 11) is -3.85. The highest BCUT2D eigenvalue weighted by Crippen LogP contribution is 2.20. The highest BCUT2D eigenvalue weighted by molar-refractivity contribution is 9.10.